The van der Waals surface area contributed by atoms with Crippen molar-refractivity contribution in [3.8, 4) is 0 Å². The van der Waals surface area contributed by atoms with Crippen LogP contribution in [0.2, 0.25) is 0 Å². The molecule has 0 radical (unpaired) electrons. The summed E-state index contributed by atoms with van der Waals surface area (Å²) in [5.74, 6) is 0.850. The van der Waals surface area contributed by atoms with Gasteiger partial charge in [-0.2, -0.15) is 0 Å². The minimum absolute atomic E-state index is 0.0978. The molecule has 2 aromatic rings. The summed E-state index contributed by atoms with van der Waals surface area (Å²) in [6.45, 7) is 4.38. The molecule has 1 aliphatic heterocycles. The van der Waals surface area contributed by atoms with Crippen molar-refractivity contribution in [2.75, 3.05) is 29.8 Å². The number of aryl methyl sites for hydroxylation is 1. The number of sulfonamides is 1. The highest BCUT2D eigenvalue weighted by Crippen LogP contribution is 2.24. The molecule has 1 aromatic heterocycles. The van der Waals surface area contributed by atoms with Gasteiger partial charge in [-0.05, 0) is 48.9 Å². The maximum atomic E-state index is 12.6. The number of benzene rings is 1. The van der Waals surface area contributed by atoms with E-state index < -0.39 is 10.0 Å². The molecule has 0 atom stereocenters. The predicted octanol–water partition coefficient (Wildman–Crippen LogP) is 3.47. The Morgan fingerprint density at radius 3 is 2.52 bits per heavy atom. The molecule has 0 spiro atoms. The summed E-state index contributed by atoms with van der Waals surface area (Å²) in [6, 6.07) is 9.27. The molecule has 0 aliphatic carbocycles. The van der Waals surface area contributed by atoms with Gasteiger partial charge in [-0.3, -0.25) is 4.72 Å². The number of nitrogens with one attached hydrogen (secondary N) is 1. The lowest BCUT2D eigenvalue weighted by Crippen LogP contribution is -2.30. The van der Waals surface area contributed by atoms with Gasteiger partial charge >= 0.3 is 0 Å². The first-order chi connectivity index (χ1) is 13.0. The molecule has 0 saturated carbocycles. The number of methoxy groups -OCH3 is 1. The third-order valence-corrected chi connectivity index (χ3v) is 5.98. The van der Waals surface area contributed by atoms with E-state index in [1.807, 2.05) is 37.3 Å². The highest BCUT2D eigenvalue weighted by molar-refractivity contribution is 7.91. The second kappa shape index (κ2) is 8.71. The predicted molar refractivity (Wildman–Crippen MR) is 108 cm³/mol. The first kappa shape index (κ1) is 19.6. The number of aromatic nitrogens is 1. The molecule has 6 nitrogen and oxygen atoms in total. The van der Waals surface area contributed by atoms with E-state index in [2.05, 4.69) is 14.6 Å². The Balaban J connectivity index is 1.73. The zero-order valence-corrected chi connectivity index (χ0v) is 16.8. The van der Waals surface area contributed by atoms with Gasteiger partial charge in [-0.25, -0.2) is 13.4 Å². The van der Waals surface area contributed by atoms with Crippen molar-refractivity contribution in [2.24, 2.45) is 0 Å². The minimum Gasteiger partial charge on any atom is -0.380 e. The van der Waals surface area contributed by atoms with E-state index in [0.29, 0.717) is 12.3 Å². The molecule has 0 unspecified atom stereocenters. The smallest absolute Gasteiger partial charge is 0.236 e. The summed E-state index contributed by atoms with van der Waals surface area (Å²) in [5.41, 5.74) is 3.09. The Labute approximate surface area is 161 Å². The van der Waals surface area contributed by atoms with Gasteiger partial charge in [0.15, 0.2) is 0 Å². The number of hydrogen-bond donors (Lipinski definition) is 1. The fourth-order valence-corrected chi connectivity index (χ4v) is 4.71. The van der Waals surface area contributed by atoms with Crippen LogP contribution in [0.1, 0.15) is 36.0 Å². The van der Waals surface area contributed by atoms with Gasteiger partial charge in [-0.15, -0.1) is 0 Å². The number of hydrogen-bond acceptors (Lipinski definition) is 5. The zero-order chi connectivity index (χ0) is 19.3. The highest BCUT2D eigenvalue weighted by Gasteiger charge is 2.17. The maximum absolute atomic E-state index is 12.6. The first-order valence-corrected chi connectivity index (χ1v) is 10.9. The molecule has 1 saturated heterocycles. The van der Waals surface area contributed by atoms with Crippen LogP contribution in [0.5, 0.6) is 0 Å². The third kappa shape index (κ3) is 5.20. The van der Waals surface area contributed by atoms with Crippen LogP contribution in [-0.4, -0.2) is 33.6 Å². The summed E-state index contributed by atoms with van der Waals surface area (Å²) in [5, 5.41) is 0. The molecule has 2 heterocycles. The number of rotatable bonds is 7. The number of anilines is 2. The van der Waals surface area contributed by atoms with Crippen LogP contribution in [0.4, 0.5) is 11.5 Å². The van der Waals surface area contributed by atoms with E-state index in [9.17, 15) is 8.42 Å². The second-order valence-electron chi connectivity index (χ2n) is 6.98. The highest BCUT2D eigenvalue weighted by atomic mass is 32.2. The van der Waals surface area contributed by atoms with Crippen molar-refractivity contribution < 1.29 is 13.2 Å². The van der Waals surface area contributed by atoms with Crippen molar-refractivity contribution >= 4 is 21.5 Å². The van der Waals surface area contributed by atoms with Gasteiger partial charge in [0.25, 0.3) is 0 Å². The van der Waals surface area contributed by atoms with Crippen molar-refractivity contribution in [1.29, 1.82) is 0 Å². The molecule has 0 bridgehead atoms. The molecule has 1 N–H and O–H groups in total. The summed E-state index contributed by atoms with van der Waals surface area (Å²) in [4.78, 5) is 6.79. The van der Waals surface area contributed by atoms with Crippen LogP contribution >= 0.6 is 0 Å². The lowest BCUT2D eigenvalue weighted by Gasteiger charge is -2.29. The lowest BCUT2D eigenvalue weighted by molar-refractivity contribution is 0.184. The minimum atomic E-state index is -3.54. The van der Waals surface area contributed by atoms with Gasteiger partial charge < -0.3 is 9.64 Å². The van der Waals surface area contributed by atoms with Crippen LogP contribution in [0.15, 0.2) is 36.5 Å². The topological polar surface area (TPSA) is 71.5 Å². The van der Waals surface area contributed by atoms with E-state index in [1.165, 1.54) is 19.3 Å². The molecule has 1 fully saturated rings. The largest absolute Gasteiger partial charge is 0.380 e. The van der Waals surface area contributed by atoms with Crippen molar-refractivity contribution in [1.82, 2.24) is 4.98 Å². The number of pyridine rings is 1. The Morgan fingerprint density at radius 2 is 1.85 bits per heavy atom. The molecule has 7 heteroatoms. The Hall–Kier alpha value is -2.12. The molecule has 27 heavy (non-hydrogen) atoms. The van der Waals surface area contributed by atoms with Crippen LogP contribution in [0.3, 0.4) is 0 Å². The van der Waals surface area contributed by atoms with Gasteiger partial charge in [0.2, 0.25) is 10.0 Å². The fourth-order valence-electron chi connectivity index (χ4n) is 3.48. The quantitative estimate of drug-likeness (QED) is 0.785. The van der Waals surface area contributed by atoms with Gasteiger partial charge in [0, 0.05) is 20.2 Å². The van der Waals surface area contributed by atoms with Gasteiger partial charge in [-0.1, -0.05) is 24.3 Å². The van der Waals surface area contributed by atoms with Gasteiger partial charge in [0.05, 0.1) is 24.2 Å². The summed E-state index contributed by atoms with van der Waals surface area (Å²) < 4.78 is 33.1. The van der Waals surface area contributed by atoms with Crippen molar-refractivity contribution in [3.63, 3.8) is 0 Å². The second-order valence-corrected chi connectivity index (χ2v) is 8.70. The number of nitrogens with zero attached hydrogens (tertiary/aromatic N) is 2. The van der Waals surface area contributed by atoms with Gasteiger partial charge in [0.1, 0.15) is 5.82 Å². The molecular formula is C20H27N3O3S. The molecule has 3 rings (SSSR count). The fraction of sp³-hybridized carbons (Fsp3) is 0.450. The standard InChI is InChI=1S/C20H27N3O3S/c1-16-12-19(13-21-20(16)23-10-6-3-7-11-23)22-27(24,25)15-18-9-5-4-8-17(18)14-26-2/h4-5,8-9,12-13,22H,3,6-7,10-11,14-15H2,1-2H3. The average molecular weight is 390 g/mol. The van der Waals surface area contributed by atoms with Crippen LogP contribution < -0.4 is 9.62 Å². The van der Waals surface area contributed by atoms with E-state index in [4.69, 9.17) is 4.74 Å². The van der Waals surface area contributed by atoms with E-state index in [0.717, 1.165) is 35.6 Å². The normalized spacial score (nSPS) is 15.0. The monoisotopic (exact) mass is 389 g/mol. The lowest BCUT2D eigenvalue weighted by atomic mass is 10.1. The van der Waals surface area contributed by atoms with E-state index in [1.54, 1.807) is 13.3 Å². The Morgan fingerprint density at radius 1 is 1.15 bits per heavy atom. The molecule has 146 valence electrons. The number of piperidine rings is 1. The molecule has 1 aromatic carbocycles. The maximum Gasteiger partial charge on any atom is 0.236 e. The van der Waals surface area contributed by atoms with E-state index >= 15 is 0 Å². The van der Waals surface area contributed by atoms with Crippen LogP contribution in [0.25, 0.3) is 0 Å². The SMILES string of the molecule is COCc1ccccc1CS(=O)(=O)Nc1cnc(N2CCCCC2)c(C)c1. The Kier molecular flexibility index (Phi) is 6.34. The third-order valence-electron chi connectivity index (χ3n) is 4.74. The summed E-state index contributed by atoms with van der Waals surface area (Å²) in [6.07, 6.45) is 5.22. The Bertz CT molecular complexity index is 878. The number of ether oxygens (including phenoxy) is 1. The molecule has 1 aliphatic rings. The summed E-state index contributed by atoms with van der Waals surface area (Å²) >= 11 is 0. The zero-order valence-electron chi connectivity index (χ0n) is 15.9. The van der Waals surface area contributed by atoms with Crippen molar-refractivity contribution in [3.05, 3.63) is 53.2 Å². The van der Waals surface area contributed by atoms with Crippen LogP contribution in [-0.2, 0) is 27.1 Å². The molecular weight excluding hydrogens is 362 g/mol. The molecule has 0 amide bonds. The van der Waals surface area contributed by atoms with Crippen LogP contribution in [0, 0.1) is 6.92 Å². The first-order valence-electron chi connectivity index (χ1n) is 9.26. The average Bonchev–Trinajstić information content (AvgIpc) is 2.64. The summed E-state index contributed by atoms with van der Waals surface area (Å²) in [7, 11) is -1.94. The van der Waals surface area contributed by atoms with Crippen molar-refractivity contribution in [2.45, 2.75) is 38.5 Å². The van der Waals surface area contributed by atoms with E-state index in [-0.39, 0.29) is 5.75 Å².